The fourth-order valence-corrected chi connectivity index (χ4v) is 2.92. The van der Waals surface area contributed by atoms with Gasteiger partial charge in [-0.15, -0.1) is 0 Å². The molecule has 0 saturated carbocycles. The number of carboxylic acids is 1. The van der Waals surface area contributed by atoms with Gasteiger partial charge in [0.25, 0.3) is 0 Å². The van der Waals surface area contributed by atoms with Crippen LogP contribution < -0.4 is 4.90 Å². The molecule has 1 N–H and O–H groups in total. The Bertz CT molecular complexity index is 934. The van der Waals surface area contributed by atoms with Gasteiger partial charge in [0, 0.05) is 23.7 Å². The molecular formula is C22H22N2O2. The van der Waals surface area contributed by atoms with Gasteiger partial charge in [-0.1, -0.05) is 49.7 Å². The predicted molar refractivity (Wildman–Crippen MR) is 107 cm³/mol. The minimum absolute atomic E-state index is 0.819. The lowest BCUT2D eigenvalue weighted by Crippen LogP contribution is -2.20. The summed E-state index contributed by atoms with van der Waals surface area (Å²) in [5.41, 5.74) is 2.77. The third-order valence-electron chi connectivity index (χ3n) is 4.23. The van der Waals surface area contributed by atoms with Crippen molar-refractivity contribution in [1.82, 2.24) is 4.98 Å². The van der Waals surface area contributed by atoms with E-state index in [1.54, 1.807) is 6.08 Å². The number of benzene rings is 2. The number of aliphatic carboxylic acids is 1. The Labute approximate surface area is 153 Å². The van der Waals surface area contributed by atoms with Gasteiger partial charge in [0.15, 0.2) is 0 Å². The average molecular weight is 346 g/mol. The Morgan fingerprint density at radius 2 is 1.85 bits per heavy atom. The summed E-state index contributed by atoms with van der Waals surface area (Å²) in [4.78, 5) is 17.9. The van der Waals surface area contributed by atoms with E-state index in [1.807, 2.05) is 54.6 Å². The zero-order valence-corrected chi connectivity index (χ0v) is 14.8. The van der Waals surface area contributed by atoms with Crippen molar-refractivity contribution in [2.45, 2.75) is 19.8 Å². The highest BCUT2D eigenvalue weighted by Gasteiger charge is 2.13. The Morgan fingerprint density at radius 3 is 2.65 bits per heavy atom. The molecule has 0 bridgehead atoms. The smallest absolute Gasteiger partial charge is 0.328 e. The Kier molecular flexibility index (Phi) is 5.64. The Hall–Kier alpha value is -3.14. The lowest BCUT2D eigenvalue weighted by atomic mass is 10.1. The van der Waals surface area contributed by atoms with Crippen LogP contribution in [0, 0.1) is 0 Å². The first kappa shape index (κ1) is 17.7. The summed E-state index contributed by atoms with van der Waals surface area (Å²) in [7, 11) is 0. The number of carboxylic acid groups (broad SMARTS) is 1. The number of para-hydroxylation sites is 2. The second-order valence-electron chi connectivity index (χ2n) is 6.10. The van der Waals surface area contributed by atoms with Gasteiger partial charge in [-0.25, -0.2) is 9.78 Å². The molecular weight excluding hydrogens is 324 g/mol. The SMILES string of the molecule is CCCCN(c1ccc2ccccc2n1)c1ccccc1/C=C/C(=O)O. The van der Waals surface area contributed by atoms with Crippen LogP contribution in [0.4, 0.5) is 11.5 Å². The van der Waals surface area contributed by atoms with Crippen molar-refractivity contribution in [3.05, 3.63) is 72.3 Å². The number of aromatic nitrogens is 1. The molecule has 4 heteroatoms. The Morgan fingerprint density at radius 1 is 1.08 bits per heavy atom. The van der Waals surface area contributed by atoms with Crippen LogP contribution in [-0.4, -0.2) is 22.6 Å². The predicted octanol–water partition coefficient (Wildman–Crippen LogP) is 5.27. The number of anilines is 2. The average Bonchev–Trinajstić information content (AvgIpc) is 2.67. The highest BCUT2D eigenvalue weighted by molar-refractivity contribution is 5.88. The summed E-state index contributed by atoms with van der Waals surface area (Å²) in [5.74, 6) is -0.0860. The van der Waals surface area contributed by atoms with Gasteiger partial charge in [-0.2, -0.15) is 0 Å². The fourth-order valence-electron chi connectivity index (χ4n) is 2.92. The summed E-state index contributed by atoms with van der Waals surface area (Å²) in [6, 6.07) is 20.0. The van der Waals surface area contributed by atoms with E-state index < -0.39 is 5.97 Å². The molecule has 0 radical (unpaired) electrons. The van der Waals surface area contributed by atoms with Gasteiger partial charge >= 0.3 is 5.97 Å². The number of unbranched alkanes of at least 4 members (excludes halogenated alkanes) is 1. The normalized spacial score (nSPS) is 11.1. The Balaban J connectivity index is 2.06. The van der Waals surface area contributed by atoms with Crippen LogP contribution in [-0.2, 0) is 4.79 Å². The van der Waals surface area contributed by atoms with Crippen LogP contribution in [0.3, 0.4) is 0 Å². The molecule has 0 atom stereocenters. The minimum atomic E-state index is -0.955. The number of rotatable bonds is 7. The molecule has 0 amide bonds. The van der Waals surface area contributed by atoms with Crippen molar-refractivity contribution in [1.29, 1.82) is 0 Å². The van der Waals surface area contributed by atoms with E-state index in [0.29, 0.717) is 0 Å². The molecule has 0 fully saturated rings. The first-order chi connectivity index (χ1) is 12.7. The second kappa shape index (κ2) is 8.30. The van der Waals surface area contributed by atoms with Crippen molar-refractivity contribution < 1.29 is 9.90 Å². The number of hydrogen-bond acceptors (Lipinski definition) is 3. The van der Waals surface area contributed by atoms with Crippen molar-refractivity contribution in [2.24, 2.45) is 0 Å². The first-order valence-electron chi connectivity index (χ1n) is 8.82. The van der Waals surface area contributed by atoms with Crippen LogP contribution in [0.5, 0.6) is 0 Å². The van der Waals surface area contributed by atoms with Gasteiger partial charge in [0.1, 0.15) is 5.82 Å². The van der Waals surface area contributed by atoms with E-state index in [4.69, 9.17) is 10.1 Å². The fraction of sp³-hybridized carbons (Fsp3) is 0.182. The molecule has 0 aliphatic carbocycles. The summed E-state index contributed by atoms with van der Waals surface area (Å²) < 4.78 is 0. The van der Waals surface area contributed by atoms with Crippen LogP contribution in [0.1, 0.15) is 25.3 Å². The van der Waals surface area contributed by atoms with E-state index >= 15 is 0 Å². The molecule has 0 spiro atoms. The number of nitrogens with zero attached hydrogens (tertiary/aromatic N) is 2. The summed E-state index contributed by atoms with van der Waals surface area (Å²) in [6.07, 6.45) is 4.89. The van der Waals surface area contributed by atoms with E-state index in [9.17, 15) is 4.79 Å². The van der Waals surface area contributed by atoms with Gasteiger partial charge < -0.3 is 10.0 Å². The largest absolute Gasteiger partial charge is 0.478 e. The maximum Gasteiger partial charge on any atom is 0.328 e. The van der Waals surface area contributed by atoms with Crippen LogP contribution in [0.25, 0.3) is 17.0 Å². The van der Waals surface area contributed by atoms with Gasteiger partial charge in [-0.05, 0) is 42.3 Å². The molecule has 4 nitrogen and oxygen atoms in total. The molecule has 26 heavy (non-hydrogen) atoms. The number of hydrogen-bond donors (Lipinski definition) is 1. The molecule has 2 aromatic carbocycles. The monoisotopic (exact) mass is 346 g/mol. The van der Waals surface area contributed by atoms with Gasteiger partial charge in [-0.3, -0.25) is 0 Å². The zero-order chi connectivity index (χ0) is 18.4. The first-order valence-corrected chi connectivity index (χ1v) is 8.82. The van der Waals surface area contributed by atoms with Crippen LogP contribution in [0.2, 0.25) is 0 Å². The summed E-state index contributed by atoms with van der Waals surface area (Å²) in [5, 5.41) is 10.1. The second-order valence-corrected chi connectivity index (χ2v) is 6.10. The maximum absolute atomic E-state index is 10.9. The van der Waals surface area contributed by atoms with Crippen LogP contribution in [0.15, 0.2) is 66.7 Å². The number of carbonyl (C=O) groups is 1. The molecule has 0 aliphatic heterocycles. The summed E-state index contributed by atoms with van der Waals surface area (Å²) >= 11 is 0. The van der Waals surface area contributed by atoms with E-state index in [1.165, 1.54) is 6.08 Å². The lowest BCUT2D eigenvalue weighted by Gasteiger charge is -2.26. The zero-order valence-electron chi connectivity index (χ0n) is 14.8. The molecule has 3 rings (SSSR count). The number of fused-ring (bicyclic) bond motifs is 1. The quantitative estimate of drug-likeness (QED) is 0.592. The standard InChI is InChI=1S/C22H22N2O2/c1-2-3-16-24(20-11-7-5-9-18(20)13-15-22(25)26)21-14-12-17-8-4-6-10-19(17)23-21/h4-15H,2-3,16H2,1H3,(H,25,26)/b15-13+. The maximum atomic E-state index is 10.9. The highest BCUT2D eigenvalue weighted by Crippen LogP contribution is 2.30. The summed E-state index contributed by atoms with van der Waals surface area (Å²) in [6.45, 7) is 2.97. The van der Waals surface area contributed by atoms with Gasteiger partial charge in [0.2, 0.25) is 0 Å². The van der Waals surface area contributed by atoms with Gasteiger partial charge in [0.05, 0.1) is 5.52 Å². The van der Waals surface area contributed by atoms with Crippen molar-refractivity contribution in [3.63, 3.8) is 0 Å². The molecule has 132 valence electrons. The third kappa shape index (κ3) is 4.09. The van der Waals surface area contributed by atoms with E-state index in [2.05, 4.69) is 17.9 Å². The molecule has 1 aromatic heterocycles. The van der Waals surface area contributed by atoms with E-state index in [0.717, 1.165) is 47.4 Å². The molecule has 1 heterocycles. The number of pyridine rings is 1. The van der Waals surface area contributed by atoms with Crippen LogP contribution >= 0.6 is 0 Å². The third-order valence-corrected chi connectivity index (χ3v) is 4.23. The molecule has 0 saturated heterocycles. The highest BCUT2D eigenvalue weighted by atomic mass is 16.4. The van der Waals surface area contributed by atoms with Crippen molar-refractivity contribution in [2.75, 3.05) is 11.4 Å². The topological polar surface area (TPSA) is 53.4 Å². The molecule has 3 aromatic rings. The molecule has 0 unspecified atom stereocenters. The van der Waals surface area contributed by atoms with E-state index in [-0.39, 0.29) is 0 Å². The van der Waals surface area contributed by atoms with Crippen molar-refractivity contribution in [3.8, 4) is 0 Å². The molecule has 0 aliphatic rings. The minimum Gasteiger partial charge on any atom is -0.478 e. The lowest BCUT2D eigenvalue weighted by molar-refractivity contribution is -0.131. The van der Waals surface area contributed by atoms with Crippen molar-refractivity contribution >= 4 is 34.5 Å².